The van der Waals surface area contributed by atoms with Crippen LogP contribution in [0.2, 0.25) is 0 Å². The first-order valence-electron chi connectivity index (χ1n) is 5.75. The first-order chi connectivity index (χ1) is 8.22. The van der Waals surface area contributed by atoms with E-state index in [1.165, 1.54) is 12.1 Å². The summed E-state index contributed by atoms with van der Waals surface area (Å²) in [7, 11) is 0. The van der Waals surface area contributed by atoms with Crippen molar-refractivity contribution in [2.75, 3.05) is 0 Å². The molecule has 88 valence electrons. The summed E-state index contributed by atoms with van der Waals surface area (Å²) in [5.74, 6) is -0.261. The summed E-state index contributed by atoms with van der Waals surface area (Å²) >= 11 is 0. The van der Waals surface area contributed by atoms with Gasteiger partial charge in [0.2, 0.25) is 0 Å². The van der Waals surface area contributed by atoms with Crippen LogP contribution in [0.15, 0.2) is 48.5 Å². The Morgan fingerprint density at radius 2 is 1.88 bits per heavy atom. The lowest BCUT2D eigenvalue weighted by Crippen LogP contribution is -1.98. The van der Waals surface area contributed by atoms with Crippen LogP contribution >= 0.6 is 0 Å². The van der Waals surface area contributed by atoms with E-state index in [1.807, 2.05) is 37.3 Å². The smallest absolute Gasteiger partial charge is 0.123 e. The van der Waals surface area contributed by atoms with E-state index >= 15 is 0 Å². The van der Waals surface area contributed by atoms with Crippen molar-refractivity contribution >= 4 is 0 Å². The van der Waals surface area contributed by atoms with E-state index in [2.05, 4.69) is 0 Å². The molecule has 1 atom stereocenters. The van der Waals surface area contributed by atoms with Gasteiger partial charge in [0.25, 0.3) is 0 Å². The molecule has 0 aliphatic carbocycles. The van der Waals surface area contributed by atoms with E-state index < -0.39 is 6.10 Å². The molecule has 17 heavy (non-hydrogen) atoms. The fourth-order valence-electron chi connectivity index (χ4n) is 1.93. The van der Waals surface area contributed by atoms with Crippen molar-refractivity contribution in [3.63, 3.8) is 0 Å². The summed E-state index contributed by atoms with van der Waals surface area (Å²) < 4.78 is 13.2. The average Bonchev–Trinajstić information content (AvgIpc) is 2.38. The van der Waals surface area contributed by atoms with Gasteiger partial charge in [-0.1, -0.05) is 43.3 Å². The fraction of sp³-hybridized carbons (Fsp3) is 0.200. The van der Waals surface area contributed by atoms with Crippen LogP contribution in [0.25, 0.3) is 11.1 Å². The Kier molecular flexibility index (Phi) is 3.55. The van der Waals surface area contributed by atoms with Gasteiger partial charge in [-0.3, -0.25) is 0 Å². The Balaban J connectivity index is 2.52. The molecule has 0 fully saturated rings. The molecular formula is C15H15FO. The van der Waals surface area contributed by atoms with Crippen LogP contribution < -0.4 is 0 Å². The summed E-state index contributed by atoms with van der Waals surface area (Å²) in [5, 5.41) is 9.95. The number of rotatable bonds is 3. The van der Waals surface area contributed by atoms with Crippen LogP contribution in [0.4, 0.5) is 4.39 Å². The number of aliphatic hydroxyl groups is 1. The molecule has 0 amide bonds. The van der Waals surface area contributed by atoms with Crippen molar-refractivity contribution in [3.05, 3.63) is 59.9 Å². The monoisotopic (exact) mass is 230 g/mol. The summed E-state index contributed by atoms with van der Waals surface area (Å²) in [5.41, 5.74) is 2.54. The van der Waals surface area contributed by atoms with Gasteiger partial charge in [-0.2, -0.15) is 0 Å². The molecule has 1 nitrogen and oxygen atoms in total. The van der Waals surface area contributed by atoms with Gasteiger partial charge in [0.05, 0.1) is 6.10 Å². The summed E-state index contributed by atoms with van der Waals surface area (Å²) in [6.45, 7) is 1.92. The van der Waals surface area contributed by atoms with Crippen molar-refractivity contribution in [1.82, 2.24) is 0 Å². The van der Waals surface area contributed by atoms with E-state index in [4.69, 9.17) is 0 Å². The lowest BCUT2D eigenvalue weighted by molar-refractivity contribution is 0.174. The highest BCUT2D eigenvalue weighted by molar-refractivity contribution is 5.67. The SMILES string of the molecule is CC[C@@H](O)c1ccccc1-c1cccc(F)c1. The Hall–Kier alpha value is -1.67. The molecule has 0 saturated heterocycles. The fourth-order valence-corrected chi connectivity index (χ4v) is 1.93. The lowest BCUT2D eigenvalue weighted by atomic mass is 9.95. The topological polar surface area (TPSA) is 20.2 Å². The highest BCUT2D eigenvalue weighted by Gasteiger charge is 2.11. The molecule has 0 radical (unpaired) electrons. The van der Waals surface area contributed by atoms with Gasteiger partial charge in [0.15, 0.2) is 0 Å². The van der Waals surface area contributed by atoms with Gasteiger partial charge in [-0.15, -0.1) is 0 Å². The third-order valence-electron chi connectivity index (χ3n) is 2.84. The predicted molar refractivity (Wildman–Crippen MR) is 67.1 cm³/mol. The van der Waals surface area contributed by atoms with Crippen LogP contribution in [-0.2, 0) is 0 Å². The number of aliphatic hydroxyl groups excluding tert-OH is 1. The maximum absolute atomic E-state index is 13.2. The second kappa shape index (κ2) is 5.11. The standard InChI is InChI=1S/C15H15FO/c1-2-15(17)14-9-4-3-8-13(14)11-6-5-7-12(16)10-11/h3-10,15,17H,2H2,1H3/t15-/m1/s1. The highest BCUT2D eigenvalue weighted by Crippen LogP contribution is 2.29. The predicted octanol–water partition coefficient (Wildman–Crippen LogP) is 3.94. The molecule has 2 rings (SSSR count). The quantitative estimate of drug-likeness (QED) is 0.846. The van der Waals surface area contributed by atoms with Crippen molar-refractivity contribution in [2.24, 2.45) is 0 Å². The number of halogens is 1. The van der Waals surface area contributed by atoms with E-state index in [0.29, 0.717) is 6.42 Å². The molecule has 0 aliphatic rings. The van der Waals surface area contributed by atoms with Crippen molar-refractivity contribution in [2.45, 2.75) is 19.4 Å². The molecule has 1 N–H and O–H groups in total. The molecular weight excluding hydrogens is 215 g/mol. The van der Waals surface area contributed by atoms with Gasteiger partial charge < -0.3 is 5.11 Å². The minimum atomic E-state index is -0.505. The molecule has 2 aromatic rings. The molecule has 0 saturated carbocycles. The second-order valence-electron chi connectivity index (χ2n) is 4.02. The molecule has 0 unspecified atom stereocenters. The van der Waals surface area contributed by atoms with Crippen LogP contribution in [0.1, 0.15) is 25.0 Å². The molecule has 0 aliphatic heterocycles. The normalized spacial score (nSPS) is 12.4. The first-order valence-corrected chi connectivity index (χ1v) is 5.75. The van der Waals surface area contributed by atoms with Crippen LogP contribution in [0.3, 0.4) is 0 Å². The van der Waals surface area contributed by atoms with Crippen LogP contribution in [0, 0.1) is 5.82 Å². The van der Waals surface area contributed by atoms with Crippen molar-refractivity contribution in [3.8, 4) is 11.1 Å². The van der Waals surface area contributed by atoms with E-state index in [9.17, 15) is 9.50 Å². The second-order valence-corrected chi connectivity index (χ2v) is 4.02. The van der Waals surface area contributed by atoms with Crippen LogP contribution in [0.5, 0.6) is 0 Å². The first kappa shape index (κ1) is 11.8. The number of hydrogen-bond donors (Lipinski definition) is 1. The van der Waals surface area contributed by atoms with E-state index in [-0.39, 0.29) is 5.82 Å². The maximum atomic E-state index is 13.2. The van der Waals surface area contributed by atoms with Crippen LogP contribution in [-0.4, -0.2) is 5.11 Å². The molecule has 0 spiro atoms. The van der Waals surface area contributed by atoms with E-state index in [0.717, 1.165) is 16.7 Å². The molecule has 0 bridgehead atoms. The molecule has 2 heteroatoms. The van der Waals surface area contributed by atoms with E-state index in [1.54, 1.807) is 6.07 Å². The van der Waals surface area contributed by atoms with Crippen molar-refractivity contribution < 1.29 is 9.50 Å². The average molecular weight is 230 g/mol. The summed E-state index contributed by atoms with van der Waals surface area (Å²) in [6, 6.07) is 14.0. The Morgan fingerprint density at radius 3 is 2.59 bits per heavy atom. The zero-order valence-electron chi connectivity index (χ0n) is 9.73. The third kappa shape index (κ3) is 2.53. The lowest BCUT2D eigenvalue weighted by Gasteiger charge is -2.14. The van der Waals surface area contributed by atoms with Crippen molar-refractivity contribution in [1.29, 1.82) is 0 Å². The van der Waals surface area contributed by atoms with Gasteiger partial charge in [0.1, 0.15) is 5.82 Å². The highest BCUT2D eigenvalue weighted by atomic mass is 19.1. The minimum Gasteiger partial charge on any atom is -0.388 e. The molecule has 0 heterocycles. The van der Waals surface area contributed by atoms with Gasteiger partial charge in [-0.25, -0.2) is 4.39 Å². The Labute approximate surface area is 101 Å². The van der Waals surface area contributed by atoms with Gasteiger partial charge in [0, 0.05) is 0 Å². The Morgan fingerprint density at radius 1 is 1.12 bits per heavy atom. The largest absolute Gasteiger partial charge is 0.388 e. The molecule has 2 aromatic carbocycles. The number of hydrogen-bond acceptors (Lipinski definition) is 1. The zero-order chi connectivity index (χ0) is 12.3. The summed E-state index contributed by atoms with van der Waals surface area (Å²) in [6.07, 6.45) is 0.140. The third-order valence-corrected chi connectivity index (χ3v) is 2.84. The van der Waals surface area contributed by atoms with Gasteiger partial charge in [-0.05, 0) is 35.2 Å². The molecule has 0 aromatic heterocycles. The zero-order valence-corrected chi connectivity index (χ0v) is 9.73. The Bertz CT molecular complexity index is 508. The summed E-state index contributed by atoms with van der Waals surface area (Å²) in [4.78, 5) is 0. The maximum Gasteiger partial charge on any atom is 0.123 e. The van der Waals surface area contributed by atoms with Gasteiger partial charge >= 0.3 is 0 Å². The minimum absolute atomic E-state index is 0.261. The number of benzene rings is 2.